The van der Waals surface area contributed by atoms with Gasteiger partial charge in [0.1, 0.15) is 5.78 Å². The minimum Gasteiger partial charge on any atom is -0.460 e. The van der Waals surface area contributed by atoms with Gasteiger partial charge in [-0.15, -0.1) is 0 Å². The van der Waals surface area contributed by atoms with Gasteiger partial charge in [-0.2, -0.15) is 17.2 Å². The van der Waals surface area contributed by atoms with Gasteiger partial charge in [0.25, 0.3) is 0 Å². The van der Waals surface area contributed by atoms with E-state index in [0.29, 0.717) is 12.3 Å². The summed E-state index contributed by atoms with van der Waals surface area (Å²) in [4.78, 5) is 22.9. The third-order valence-electron chi connectivity index (χ3n) is 4.79. The molecule has 1 aliphatic carbocycles. The Hall–Kier alpha value is -1.09. The number of Topliss-reactive ketones (excluding diaryl/α,β-unsaturated/α-hetero) is 1. The van der Waals surface area contributed by atoms with Crippen molar-refractivity contribution in [1.29, 1.82) is 0 Å². The van der Waals surface area contributed by atoms with Gasteiger partial charge in [0.05, 0.1) is 6.61 Å². The number of hydrogen-bond donors (Lipinski definition) is 1. The van der Waals surface area contributed by atoms with Crippen LogP contribution in [0.25, 0.3) is 0 Å². The molecule has 1 N–H and O–H groups in total. The molecule has 24 heavy (non-hydrogen) atoms. The summed E-state index contributed by atoms with van der Waals surface area (Å²) in [6.45, 7) is 5.04. The largest absolute Gasteiger partial charge is 0.465 e. The number of hydrogen-bond acceptors (Lipinski definition) is 5. The molecule has 140 valence electrons. The highest BCUT2D eigenvalue weighted by molar-refractivity contribution is 7.87. The van der Waals surface area contributed by atoms with E-state index in [1.165, 1.54) is 6.92 Å². The van der Waals surface area contributed by atoms with Crippen molar-refractivity contribution in [1.82, 2.24) is 0 Å². The minimum atomic E-state index is -5.86. The summed E-state index contributed by atoms with van der Waals surface area (Å²) in [6, 6.07) is 0. The van der Waals surface area contributed by atoms with Gasteiger partial charge in [-0.3, -0.25) is 9.35 Å². The monoisotopic (exact) mass is 370 g/mol. The van der Waals surface area contributed by atoms with Crippen LogP contribution in [-0.2, 0) is 24.4 Å². The van der Waals surface area contributed by atoms with Gasteiger partial charge in [-0.25, -0.2) is 4.79 Å². The summed E-state index contributed by atoms with van der Waals surface area (Å²) >= 11 is 0. The van der Waals surface area contributed by atoms with Gasteiger partial charge in [-0.1, -0.05) is 20.3 Å². The summed E-state index contributed by atoms with van der Waals surface area (Å²) in [7, 11) is -5.86. The fourth-order valence-corrected chi connectivity index (χ4v) is 3.62. The number of esters is 1. The fraction of sp³-hybridized carbons (Fsp3) is 0.867. The van der Waals surface area contributed by atoms with Gasteiger partial charge in [0.15, 0.2) is 0 Å². The highest BCUT2D eigenvalue weighted by Gasteiger charge is 2.54. The first kappa shape index (κ1) is 21.0. The van der Waals surface area contributed by atoms with E-state index in [0.717, 1.165) is 19.3 Å². The number of ether oxygens (including phenoxy) is 1. The van der Waals surface area contributed by atoms with E-state index in [1.54, 1.807) is 0 Å². The molecule has 0 amide bonds. The second kappa shape index (κ2) is 7.43. The van der Waals surface area contributed by atoms with Crippen molar-refractivity contribution >= 4 is 21.9 Å². The van der Waals surface area contributed by atoms with Crippen molar-refractivity contribution in [2.24, 2.45) is 17.3 Å². The maximum absolute atomic E-state index is 13.1. The Labute approximate surface area is 140 Å². The van der Waals surface area contributed by atoms with Crippen LogP contribution >= 0.6 is 0 Å². The Morgan fingerprint density at radius 1 is 1.33 bits per heavy atom. The van der Waals surface area contributed by atoms with Crippen LogP contribution < -0.4 is 0 Å². The second-order valence-corrected chi connectivity index (χ2v) is 8.38. The molecule has 0 aromatic heterocycles. The third kappa shape index (κ3) is 4.95. The molecule has 0 aliphatic heterocycles. The Balaban J connectivity index is 2.68. The summed E-state index contributed by atoms with van der Waals surface area (Å²) in [5.41, 5.74) is -0.358. The number of alkyl halides is 2. The highest BCUT2D eigenvalue weighted by Crippen LogP contribution is 2.45. The SMILES string of the molecule is CCC1CC(C(C)=O)CC(C)(CCOC(=O)C(F)(F)S(=O)(=O)O)C1. The maximum Gasteiger partial charge on any atom is 0.465 e. The van der Waals surface area contributed by atoms with Gasteiger partial charge >= 0.3 is 21.3 Å². The zero-order chi connectivity index (χ0) is 18.8. The predicted octanol–water partition coefficient (Wildman–Crippen LogP) is 2.82. The predicted molar refractivity (Wildman–Crippen MR) is 82.0 cm³/mol. The van der Waals surface area contributed by atoms with Gasteiger partial charge in [0, 0.05) is 5.92 Å². The van der Waals surface area contributed by atoms with E-state index in [-0.39, 0.29) is 23.5 Å². The highest BCUT2D eigenvalue weighted by atomic mass is 32.2. The molecule has 1 fully saturated rings. The second-order valence-electron chi connectivity index (χ2n) is 6.91. The van der Waals surface area contributed by atoms with Crippen molar-refractivity contribution in [3.8, 4) is 0 Å². The third-order valence-corrected chi connectivity index (χ3v) is 5.61. The van der Waals surface area contributed by atoms with Crippen molar-refractivity contribution in [2.75, 3.05) is 6.61 Å². The molecule has 0 radical (unpaired) electrons. The number of rotatable bonds is 7. The molecule has 0 aromatic carbocycles. The Kier molecular flexibility index (Phi) is 6.49. The molecule has 0 aromatic rings. The van der Waals surface area contributed by atoms with Crippen LogP contribution in [0, 0.1) is 17.3 Å². The smallest absolute Gasteiger partial charge is 0.460 e. The molecule has 1 saturated carbocycles. The first-order valence-electron chi connectivity index (χ1n) is 7.85. The Bertz CT molecular complexity index is 589. The molecule has 0 bridgehead atoms. The zero-order valence-electron chi connectivity index (χ0n) is 14.0. The lowest BCUT2D eigenvalue weighted by atomic mass is 9.64. The molecular weight excluding hydrogens is 346 g/mol. The lowest BCUT2D eigenvalue weighted by molar-refractivity contribution is -0.162. The Morgan fingerprint density at radius 3 is 2.38 bits per heavy atom. The van der Waals surface area contributed by atoms with Gasteiger partial charge in [-0.05, 0) is 43.9 Å². The van der Waals surface area contributed by atoms with Crippen LogP contribution in [0.3, 0.4) is 0 Å². The summed E-state index contributed by atoms with van der Waals surface area (Å²) in [6.07, 6.45) is 3.27. The van der Waals surface area contributed by atoms with E-state index >= 15 is 0 Å². The van der Waals surface area contributed by atoms with Gasteiger partial charge < -0.3 is 4.74 Å². The minimum absolute atomic E-state index is 0.0780. The number of halogens is 2. The number of ketones is 1. The van der Waals surface area contributed by atoms with E-state index in [2.05, 4.69) is 4.74 Å². The molecular formula is C15H24F2O6S. The first-order valence-corrected chi connectivity index (χ1v) is 9.29. The molecule has 0 saturated heterocycles. The van der Waals surface area contributed by atoms with Crippen LogP contribution in [0.1, 0.15) is 52.9 Å². The summed E-state index contributed by atoms with van der Waals surface area (Å²) in [5.74, 6) is -2.00. The Morgan fingerprint density at radius 2 is 1.92 bits per heavy atom. The van der Waals surface area contributed by atoms with Crippen molar-refractivity contribution < 1.29 is 36.1 Å². The fourth-order valence-electron chi connectivity index (χ4n) is 3.35. The molecule has 1 aliphatic rings. The molecule has 0 heterocycles. The molecule has 0 spiro atoms. The van der Waals surface area contributed by atoms with Crippen LogP contribution in [-0.4, -0.2) is 36.6 Å². The van der Waals surface area contributed by atoms with Crippen molar-refractivity contribution in [3.05, 3.63) is 0 Å². The van der Waals surface area contributed by atoms with Crippen LogP contribution in [0.2, 0.25) is 0 Å². The average molecular weight is 370 g/mol. The molecule has 6 nitrogen and oxygen atoms in total. The van der Waals surface area contributed by atoms with Crippen LogP contribution in [0.15, 0.2) is 0 Å². The van der Waals surface area contributed by atoms with Crippen molar-refractivity contribution in [2.45, 2.75) is 58.1 Å². The van der Waals surface area contributed by atoms with Crippen molar-refractivity contribution in [3.63, 3.8) is 0 Å². The lowest BCUT2D eigenvalue weighted by Gasteiger charge is -2.41. The van der Waals surface area contributed by atoms with E-state index in [4.69, 9.17) is 4.55 Å². The topological polar surface area (TPSA) is 97.7 Å². The molecule has 3 unspecified atom stereocenters. The maximum atomic E-state index is 13.1. The molecule has 3 atom stereocenters. The van der Waals surface area contributed by atoms with Gasteiger partial charge in [0.2, 0.25) is 0 Å². The number of carbonyl (C=O) groups excluding carboxylic acids is 2. The van der Waals surface area contributed by atoms with E-state index in [1.807, 2.05) is 13.8 Å². The van der Waals surface area contributed by atoms with Crippen LogP contribution in [0.4, 0.5) is 8.78 Å². The lowest BCUT2D eigenvalue weighted by Crippen LogP contribution is -2.40. The quantitative estimate of drug-likeness (QED) is 0.547. The molecule has 1 rings (SSSR count). The molecule has 9 heteroatoms. The van der Waals surface area contributed by atoms with E-state index in [9.17, 15) is 26.8 Å². The van der Waals surface area contributed by atoms with Crippen LogP contribution in [0.5, 0.6) is 0 Å². The standard InChI is InChI=1S/C15H24F2O6S/c1-4-11-7-12(10(2)18)9-14(3,8-11)5-6-23-13(19)15(16,17)24(20,21)22/h11-12H,4-9H2,1-3H3,(H,20,21,22). The first-order chi connectivity index (χ1) is 10.8. The summed E-state index contributed by atoms with van der Waals surface area (Å²) < 4.78 is 59.9. The average Bonchev–Trinajstić information content (AvgIpc) is 2.44. The summed E-state index contributed by atoms with van der Waals surface area (Å²) in [5, 5.41) is -4.98. The zero-order valence-corrected chi connectivity index (χ0v) is 14.9. The normalized spacial score (nSPS) is 28.4. The number of carbonyl (C=O) groups is 2. The van der Waals surface area contributed by atoms with E-state index < -0.39 is 27.9 Å².